The molecule has 30 heavy (non-hydrogen) atoms. The topological polar surface area (TPSA) is 98.2 Å². The Labute approximate surface area is 175 Å². The van der Waals surface area contributed by atoms with Gasteiger partial charge < -0.3 is 24.4 Å². The second-order valence-corrected chi connectivity index (χ2v) is 8.33. The van der Waals surface area contributed by atoms with Crippen LogP contribution in [0.15, 0.2) is 30.3 Å². The van der Waals surface area contributed by atoms with Crippen LogP contribution in [0.5, 0.6) is 0 Å². The number of amides is 2. The van der Waals surface area contributed by atoms with E-state index < -0.39 is 29.8 Å². The van der Waals surface area contributed by atoms with Crippen molar-refractivity contribution in [3.05, 3.63) is 35.9 Å². The van der Waals surface area contributed by atoms with Gasteiger partial charge in [-0.25, -0.2) is 0 Å². The monoisotopic (exact) mass is 416 g/mol. The van der Waals surface area contributed by atoms with E-state index in [2.05, 4.69) is 0 Å². The van der Waals surface area contributed by atoms with Gasteiger partial charge in [-0.15, -0.1) is 0 Å². The van der Waals surface area contributed by atoms with Gasteiger partial charge in [0.25, 0.3) is 0 Å². The summed E-state index contributed by atoms with van der Waals surface area (Å²) in [5, 5.41) is 8.82. The molecule has 3 heterocycles. The number of carbonyl (C=O) groups is 2. The normalized spacial score (nSPS) is 32.6. The summed E-state index contributed by atoms with van der Waals surface area (Å²) < 4.78 is 24.1. The van der Waals surface area contributed by atoms with E-state index in [1.165, 1.54) is 4.90 Å². The van der Waals surface area contributed by atoms with Crippen LogP contribution < -0.4 is 0 Å². The number of likely N-dealkylation sites (tertiary alicyclic amines) is 1. The van der Waals surface area contributed by atoms with Crippen molar-refractivity contribution < 1.29 is 28.5 Å². The molecule has 0 unspecified atom stereocenters. The highest BCUT2D eigenvalue weighted by atomic mass is 16.8. The van der Waals surface area contributed by atoms with Crippen LogP contribution in [0.2, 0.25) is 0 Å². The summed E-state index contributed by atoms with van der Waals surface area (Å²) in [6.45, 7) is 5.77. The smallest absolute Gasteiger partial charge is 0.230 e. The van der Waals surface area contributed by atoms with Crippen LogP contribution in [0.3, 0.4) is 0 Å². The standard InChI is InChI=1S/C22H28N2O6/c1-4-15(23)22(24-17(25)10-11-18(24)26)16(13-27-12-14-8-6-5-7-9-14)28-20-19(22)29-21(2,3)30-20/h5-9,16,19-20,23H,4,10-13H2,1-3H3/t16-,19+,20-,22-/m1/s1. The Bertz CT molecular complexity index is 825. The predicted octanol–water partition coefficient (Wildman–Crippen LogP) is 2.40. The molecule has 0 bridgehead atoms. The van der Waals surface area contributed by atoms with Crippen molar-refractivity contribution in [3.63, 3.8) is 0 Å². The molecule has 2 amide bonds. The summed E-state index contributed by atoms with van der Waals surface area (Å²) >= 11 is 0. The lowest BCUT2D eigenvalue weighted by Gasteiger charge is -2.44. The zero-order valence-electron chi connectivity index (χ0n) is 17.6. The van der Waals surface area contributed by atoms with Crippen molar-refractivity contribution in [1.82, 2.24) is 4.90 Å². The molecule has 0 aliphatic carbocycles. The van der Waals surface area contributed by atoms with Gasteiger partial charge in [0.2, 0.25) is 11.8 Å². The second kappa shape index (κ2) is 7.85. The van der Waals surface area contributed by atoms with Gasteiger partial charge in [0.15, 0.2) is 12.1 Å². The summed E-state index contributed by atoms with van der Waals surface area (Å²) in [4.78, 5) is 26.8. The van der Waals surface area contributed by atoms with Gasteiger partial charge in [0, 0.05) is 18.6 Å². The number of benzene rings is 1. The van der Waals surface area contributed by atoms with Gasteiger partial charge >= 0.3 is 0 Å². The van der Waals surface area contributed by atoms with Crippen molar-refractivity contribution in [1.29, 1.82) is 5.41 Å². The molecule has 1 aromatic rings. The quantitative estimate of drug-likeness (QED) is 0.541. The van der Waals surface area contributed by atoms with Gasteiger partial charge in [-0.1, -0.05) is 37.3 Å². The van der Waals surface area contributed by atoms with E-state index in [1.807, 2.05) is 37.3 Å². The second-order valence-electron chi connectivity index (χ2n) is 8.33. The minimum Gasteiger partial charge on any atom is -0.374 e. The lowest BCUT2D eigenvalue weighted by Crippen LogP contribution is -2.68. The minimum atomic E-state index is -1.38. The van der Waals surface area contributed by atoms with Crippen molar-refractivity contribution in [2.24, 2.45) is 0 Å². The lowest BCUT2D eigenvalue weighted by molar-refractivity contribution is -0.221. The molecule has 3 aliphatic heterocycles. The summed E-state index contributed by atoms with van der Waals surface area (Å²) in [6.07, 6.45) is -1.75. The SMILES string of the molecule is CCC(=N)[C@@]1(N2C(=O)CCC2=O)[C@@H](COCc2ccccc2)O[C@@H]2OC(C)(C)O[C@@H]21. The Balaban J connectivity index is 1.67. The Morgan fingerprint density at radius 1 is 1.17 bits per heavy atom. The van der Waals surface area contributed by atoms with E-state index >= 15 is 0 Å². The molecule has 0 radical (unpaired) electrons. The number of carbonyl (C=O) groups excluding carboxylic acids is 2. The Kier molecular flexibility index (Phi) is 5.52. The number of fused-ring (bicyclic) bond motifs is 1. The molecule has 162 valence electrons. The highest BCUT2D eigenvalue weighted by molar-refractivity contribution is 6.09. The van der Waals surface area contributed by atoms with Crippen molar-refractivity contribution >= 4 is 17.5 Å². The van der Waals surface area contributed by atoms with Crippen LogP contribution in [0.25, 0.3) is 0 Å². The molecule has 4 atom stereocenters. The molecule has 4 rings (SSSR count). The molecular weight excluding hydrogens is 388 g/mol. The lowest BCUT2D eigenvalue weighted by atomic mass is 9.80. The summed E-state index contributed by atoms with van der Waals surface area (Å²) in [6, 6.07) is 9.69. The maximum absolute atomic E-state index is 12.8. The molecule has 3 fully saturated rings. The zero-order chi connectivity index (χ0) is 21.5. The molecular formula is C22H28N2O6. The zero-order valence-corrected chi connectivity index (χ0v) is 17.6. The highest BCUT2D eigenvalue weighted by Crippen LogP contribution is 2.48. The number of nitrogens with zero attached hydrogens (tertiary/aromatic N) is 1. The summed E-state index contributed by atoms with van der Waals surface area (Å²) in [5.41, 5.74) is -0.184. The van der Waals surface area contributed by atoms with E-state index in [-0.39, 0.29) is 37.0 Å². The number of hydrogen-bond acceptors (Lipinski definition) is 7. The third kappa shape index (κ3) is 3.37. The summed E-state index contributed by atoms with van der Waals surface area (Å²) in [7, 11) is 0. The minimum absolute atomic E-state index is 0.0917. The van der Waals surface area contributed by atoms with Crippen LogP contribution >= 0.6 is 0 Å². The van der Waals surface area contributed by atoms with E-state index in [9.17, 15) is 9.59 Å². The van der Waals surface area contributed by atoms with Crippen LogP contribution in [0.1, 0.15) is 45.6 Å². The first-order chi connectivity index (χ1) is 14.3. The number of rotatable bonds is 7. The number of ether oxygens (including phenoxy) is 4. The van der Waals surface area contributed by atoms with Gasteiger partial charge in [0.05, 0.1) is 13.2 Å². The number of nitrogens with one attached hydrogen (secondary N) is 1. The van der Waals surface area contributed by atoms with Gasteiger partial charge in [-0.3, -0.25) is 14.5 Å². The third-order valence-corrected chi connectivity index (χ3v) is 5.92. The molecule has 1 N–H and O–H groups in total. The maximum atomic E-state index is 12.8. The fraction of sp³-hybridized carbons (Fsp3) is 0.591. The third-order valence-electron chi connectivity index (χ3n) is 5.92. The average Bonchev–Trinajstić information content (AvgIpc) is 3.30. The van der Waals surface area contributed by atoms with Crippen LogP contribution in [-0.2, 0) is 35.1 Å². The maximum Gasteiger partial charge on any atom is 0.230 e. The number of imide groups is 1. The van der Waals surface area contributed by atoms with Crippen molar-refractivity contribution in [2.45, 2.75) is 76.5 Å². The molecule has 0 saturated carbocycles. The molecule has 8 heteroatoms. The average molecular weight is 416 g/mol. The van der Waals surface area contributed by atoms with Gasteiger partial charge in [0.1, 0.15) is 17.7 Å². The summed E-state index contributed by atoms with van der Waals surface area (Å²) in [5.74, 6) is -1.58. The first-order valence-corrected chi connectivity index (χ1v) is 10.4. The van der Waals surface area contributed by atoms with E-state index in [0.717, 1.165) is 5.56 Å². The van der Waals surface area contributed by atoms with Crippen LogP contribution in [0, 0.1) is 5.41 Å². The fourth-order valence-corrected chi connectivity index (χ4v) is 4.64. The molecule has 3 aliphatic rings. The fourth-order valence-electron chi connectivity index (χ4n) is 4.64. The molecule has 1 aromatic carbocycles. The largest absolute Gasteiger partial charge is 0.374 e. The van der Waals surface area contributed by atoms with Gasteiger partial charge in [-0.2, -0.15) is 0 Å². The first-order valence-electron chi connectivity index (χ1n) is 10.4. The van der Waals surface area contributed by atoms with Gasteiger partial charge in [-0.05, 0) is 25.8 Å². The molecule has 8 nitrogen and oxygen atoms in total. The Hall–Kier alpha value is -2.13. The Morgan fingerprint density at radius 2 is 1.83 bits per heavy atom. The first kappa shape index (κ1) is 21.1. The Morgan fingerprint density at radius 3 is 2.47 bits per heavy atom. The number of hydrogen-bond donors (Lipinski definition) is 1. The predicted molar refractivity (Wildman–Crippen MR) is 107 cm³/mol. The van der Waals surface area contributed by atoms with E-state index in [0.29, 0.717) is 13.0 Å². The van der Waals surface area contributed by atoms with Crippen molar-refractivity contribution in [3.8, 4) is 0 Å². The van der Waals surface area contributed by atoms with E-state index in [1.54, 1.807) is 13.8 Å². The molecule has 0 spiro atoms. The van der Waals surface area contributed by atoms with Crippen LogP contribution in [0.4, 0.5) is 0 Å². The highest BCUT2D eigenvalue weighted by Gasteiger charge is 2.70. The van der Waals surface area contributed by atoms with Crippen molar-refractivity contribution in [2.75, 3.05) is 6.61 Å². The molecule has 3 saturated heterocycles. The van der Waals surface area contributed by atoms with Crippen LogP contribution in [-0.4, -0.2) is 58.9 Å². The molecule has 0 aromatic heterocycles. The van der Waals surface area contributed by atoms with E-state index in [4.69, 9.17) is 24.4 Å².